The molecule has 4 nitrogen and oxygen atoms in total. The Hall–Kier alpha value is -1.88. The second kappa shape index (κ2) is 7.78. The van der Waals surface area contributed by atoms with E-state index in [0.29, 0.717) is 20.5 Å². The number of aryl methyl sites for hydroxylation is 1. The first-order chi connectivity index (χ1) is 12.4. The minimum atomic E-state index is -3.80. The van der Waals surface area contributed by atoms with Crippen LogP contribution in [0.4, 0.5) is 0 Å². The number of nitrogens with zero attached hydrogens (tertiary/aromatic N) is 1. The number of benzene rings is 2. The van der Waals surface area contributed by atoms with Crippen LogP contribution in [-0.2, 0) is 14.8 Å². The van der Waals surface area contributed by atoms with Crippen molar-refractivity contribution in [1.82, 2.24) is 4.31 Å². The van der Waals surface area contributed by atoms with Crippen LogP contribution in [0.2, 0.25) is 5.32 Å². The molecule has 0 unspecified atom stereocenters. The third kappa shape index (κ3) is 3.93. The fourth-order valence-corrected chi connectivity index (χ4v) is 6.18. The maximum absolute atomic E-state index is 12.8. The van der Waals surface area contributed by atoms with E-state index in [1.807, 2.05) is 25.1 Å². The van der Waals surface area contributed by atoms with Gasteiger partial charge in [-0.2, -0.15) is 0 Å². The van der Waals surface area contributed by atoms with Crippen molar-refractivity contribution in [2.24, 2.45) is 0 Å². The van der Waals surface area contributed by atoms with Crippen LogP contribution < -0.4 is 4.46 Å². The molecule has 2 aromatic carbocycles. The number of carbonyl (C=O) groups is 1. The predicted octanol–water partition coefficient (Wildman–Crippen LogP) is 2.68. The number of hydrogen-bond acceptors (Lipinski definition) is 3. The summed E-state index contributed by atoms with van der Waals surface area (Å²) in [7, 11) is -3.80. The molecule has 1 aliphatic rings. The summed E-state index contributed by atoms with van der Waals surface area (Å²) in [4.78, 5) is 12.7. The third-order valence-corrected chi connectivity index (χ3v) is 8.31. The molecule has 2 aromatic rings. The molecule has 1 aliphatic heterocycles. The van der Waals surface area contributed by atoms with Crippen LogP contribution in [-0.4, -0.2) is 40.1 Å². The van der Waals surface area contributed by atoms with Crippen molar-refractivity contribution >= 4 is 35.3 Å². The Morgan fingerprint density at radius 2 is 1.65 bits per heavy atom. The van der Waals surface area contributed by atoms with Gasteiger partial charge >= 0.3 is 161 Å². The van der Waals surface area contributed by atoms with E-state index in [4.69, 9.17) is 0 Å². The molecule has 6 heteroatoms. The Balaban J connectivity index is 1.69. The van der Waals surface area contributed by atoms with Crippen molar-refractivity contribution in [3.05, 3.63) is 71.3 Å². The molecule has 0 spiro atoms. The molecule has 0 saturated carbocycles. The minimum absolute atomic E-state index is 0.166. The number of carbonyl (C=O) groups excluding carboxylic acids is 1. The van der Waals surface area contributed by atoms with Crippen LogP contribution >= 0.6 is 0 Å². The molecule has 0 N–H and O–H groups in total. The van der Waals surface area contributed by atoms with Crippen molar-refractivity contribution in [1.29, 1.82) is 0 Å². The van der Waals surface area contributed by atoms with Crippen LogP contribution in [0.3, 0.4) is 0 Å². The zero-order valence-corrected chi connectivity index (χ0v) is 17.3. The summed E-state index contributed by atoms with van der Waals surface area (Å²) >= 11 is 0.320. The van der Waals surface area contributed by atoms with Crippen molar-refractivity contribution in [3.8, 4) is 0 Å². The summed E-state index contributed by atoms with van der Waals surface area (Å²) in [5.41, 5.74) is 2.49. The average Bonchev–Trinajstić information content (AvgIpc) is 2.92. The maximum atomic E-state index is 12.8. The van der Waals surface area contributed by atoms with E-state index in [1.54, 1.807) is 31.2 Å². The molecule has 0 aromatic heterocycles. The molecule has 0 atom stereocenters. The van der Waals surface area contributed by atoms with Gasteiger partial charge in [0.05, 0.1) is 0 Å². The van der Waals surface area contributed by atoms with Gasteiger partial charge in [-0.05, 0) is 0 Å². The van der Waals surface area contributed by atoms with Crippen LogP contribution in [0.1, 0.15) is 18.9 Å². The summed E-state index contributed by atoms with van der Waals surface area (Å²) in [5.74, 6) is -0.396. The van der Waals surface area contributed by atoms with E-state index in [2.05, 4.69) is 12.1 Å². The molecule has 1 heterocycles. The summed E-state index contributed by atoms with van der Waals surface area (Å²) < 4.78 is 28.0. The van der Waals surface area contributed by atoms with Crippen LogP contribution in [0.25, 0.3) is 0 Å². The molecule has 26 heavy (non-hydrogen) atoms. The SMILES string of the molecule is CC1=C(CC[Se]c2ccccc2)CN(S(=O)(=O)c2ccc(C)cc2)C1=O. The number of rotatable bonds is 6. The Kier molecular flexibility index (Phi) is 5.66. The topological polar surface area (TPSA) is 54.5 Å². The first-order valence-corrected chi connectivity index (χ1v) is 11.9. The third-order valence-electron chi connectivity index (χ3n) is 4.44. The molecule has 0 radical (unpaired) electrons. The Labute approximate surface area is 161 Å². The second-order valence-electron chi connectivity index (χ2n) is 6.27. The van der Waals surface area contributed by atoms with Gasteiger partial charge in [0.15, 0.2) is 0 Å². The van der Waals surface area contributed by atoms with Gasteiger partial charge in [0, 0.05) is 0 Å². The molecule has 136 valence electrons. The van der Waals surface area contributed by atoms with Crippen molar-refractivity contribution in [2.45, 2.75) is 30.5 Å². The number of hydrogen-bond donors (Lipinski definition) is 0. The Bertz CT molecular complexity index is 935. The molecular formula is C20H21NO3SSe. The summed E-state index contributed by atoms with van der Waals surface area (Å²) in [6.07, 6.45) is 0.756. The second-order valence-corrected chi connectivity index (χ2v) is 10.6. The van der Waals surface area contributed by atoms with Crippen LogP contribution in [0.5, 0.6) is 0 Å². The molecule has 1 amide bonds. The Morgan fingerprint density at radius 1 is 1.00 bits per heavy atom. The van der Waals surface area contributed by atoms with E-state index in [9.17, 15) is 13.2 Å². The fourth-order valence-electron chi connectivity index (χ4n) is 2.81. The van der Waals surface area contributed by atoms with Crippen molar-refractivity contribution < 1.29 is 13.2 Å². The Morgan fingerprint density at radius 3 is 2.31 bits per heavy atom. The van der Waals surface area contributed by atoms with Gasteiger partial charge < -0.3 is 0 Å². The zero-order chi connectivity index (χ0) is 18.7. The predicted molar refractivity (Wildman–Crippen MR) is 104 cm³/mol. The number of amides is 1. The van der Waals surface area contributed by atoms with E-state index in [1.165, 1.54) is 4.46 Å². The van der Waals surface area contributed by atoms with E-state index < -0.39 is 15.9 Å². The quantitative estimate of drug-likeness (QED) is 0.657. The van der Waals surface area contributed by atoms with Gasteiger partial charge in [0.25, 0.3) is 0 Å². The summed E-state index contributed by atoms with van der Waals surface area (Å²) in [6.45, 7) is 3.80. The number of sulfonamides is 1. The van der Waals surface area contributed by atoms with Crippen molar-refractivity contribution in [3.63, 3.8) is 0 Å². The van der Waals surface area contributed by atoms with E-state index in [-0.39, 0.29) is 11.4 Å². The fraction of sp³-hybridized carbons (Fsp3) is 0.250. The van der Waals surface area contributed by atoms with Crippen LogP contribution in [0.15, 0.2) is 70.6 Å². The van der Waals surface area contributed by atoms with Gasteiger partial charge in [-0.15, -0.1) is 0 Å². The van der Waals surface area contributed by atoms with Crippen molar-refractivity contribution in [2.75, 3.05) is 6.54 Å². The average molecular weight is 434 g/mol. The normalized spacial score (nSPS) is 15.0. The molecule has 0 aliphatic carbocycles. The molecule has 0 fully saturated rings. The molecular weight excluding hydrogens is 413 g/mol. The molecule has 3 rings (SSSR count). The zero-order valence-electron chi connectivity index (χ0n) is 14.8. The van der Waals surface area contributed by atoms with Crippen LogP contribution in [0, 0.1) is 6.92 Å². The standard InChI is InChI=1S/C20H21NO3SSe/c1-15-8-10-18(11-9-15)25(23,24)21-14-17(16(2)20(21)22)12-13-26-19-6-4-3-5-7-19/h3-11H,12-14H2,1-2H3. The summed E-state index contributed by atoms with van der Waals surface area (Å²) in [6, 6.07) is 16.9. The first-order valence-electron chi connectivity index (χ1n) is 8.40. The monoisotopic (exact) mass is 435 g/mol. The van der Waals surface area contributed by atoms with Gasteiger partial charge in [-0.25, -0.2) is 0 Å². The first kappa shape index (κ1) is 18.9. The van der Waals surface area contributed by atoms with Gasteiger partial charge in [0.2, 0.25) is 0 Å². The van der Waals surface area contributed by atoms with E-state index in [0.717, 1.165) is 27.2 Å². The molecule has 0 saturated heterocycles. The van der Waals surface area contributed by atoms with Gasteiger partial charge in [-0.1, -0.05) is 0 Å². The van der Waals surface area contributed by atoms with Gasteiger partial charge in [-0.3, -0.25) is 0 Å². The van der Waals surface area contributed by atoms with E-state index >= 15 is 0 Å². The summed E-state index contributed by atoms with van der Waals surface area (Å²) in [5, 5.41) is 0.954. The van der Waals surface area contributed by atoms with Gasteiger partial charge in [0.1, 0.15) is 0 Å². The molecule has 0 bridgehead atoms.